The van der Waals surface area contributed by atoms with Crippen LogP contribution in [0.3, 0.4) is 0 Å². The van der Waals surface area contributed by atoms with Gasteiger partial charge in [-0.2, -0.15) is 13.2 Å². The van der Waals surface area contributed by atoms with E-state index in [-0.39, 0.29) is 35.2 Å². The zero-order valence-electron chi connectivity index (χ0n) is 21.8. The van der Waals surface area contributed by atoms with Gasteiger partial charge in [-0.05, 0) is 53.1 Å². The summed E-state index contributed by atoms with van der Waals surface area (Å²) in [4.78, 5) is 11.2. The summed E-state index contributed by atoms with van der Waals surface area (Å²) in [6.07, 6.45) is -1.42. The van der Waals surface area contributed by atoms with Crippen LogP contribution in [-0.2, 0) is 28.0 Å². The predicted octanol–water partition coefficient (Wildman–Crippen LogP) is 6.11. The Labute approximate surface area is 230 Å². The highest BCUT2D eigenvalue weighted by molar-refractivity contribution is 7.90. The van der Waals surface area contributed by atoms with Crippen LogP contribution in [0, 0.1) is 0 Å². The molecule has 1 heterocycles. The minimum absolute atomic E-state index is 0.0527. The van der Waals surface area contributed by atoms with Crippen LogP contribution in [-0.4, -0.2) is 40.9 Å². The maximum absolute atomic E-state index is 13.6. The molecule has 0 spiro atoms. The molecule has 0 bridgehead atoms. The first-order valence-electron chi connectivity index (χ1n) is 12.4. The molecule has 40 heavy (non-hydrogen) atoms. The zero-order chi connectivity index (χ0) is 29.3. The van der Waals surface area contributed by atoms with Gasteiger partial charge in [-0.3, -0.25) is 0 Å². The van der Waals surface area contributed by atoms with E-state index in [4.69, 9.17) is 5.11 Å². The first kappa shape index (κ1) is 29.1. The van der Waals surface area contributed by atoms with Crippen LogP contribution in [0.4, 0.5) is 13.2 Å². The van der Waals surface area contributed by atoms with Gasteiger partial charge in [0.05, 0.1) is 29.0 Å². The van der Waals surface area contributed by atoms with E-state index in [9.17, 15) is 31.5 Å². The Balaban J connectivity index is 1.72. The highest BCUT2D eigenvalue weighted by Gasteiger charge is 2.31. The van der Waals surface area contributed by atoms with Crippen LogP contribution in [0.15, 0.2) is 78.9 Å². The SMILES string of the molecule is CC(C)(CO)c1cccc(C=CCS(=O)(=O)n2c(Cc3ccc(C(=O)O)cc3)cc3cc(C(F)(F)F)ccc32)c1. The molecule has 2 N–H and O–H groups in total. The van der Waals surface area contributed by atoms with Gasteiger partial charge in [0.15, 0.2) is 0 Å². The second-order valence-corrected chi connectivity index (χ2v) is 12.1. The average molecular weight is 572 g/mol. The molecule has 0 atom stereocenters. The minimum Gasteiger partial charge on any atom is -0.478 e. The van der Waals surface area contributed by atoms with Crippen LogP contribution in [0.1, 0.15) is 52.2 Å². The molecule has 0 aliphatic heterocycles. The lowest BCUT2D eigenvalue weighted by Gasteiger charge is -2.22. The maximum atomic E-state index is 13.6. The summed E-state index contributed by atoms with van der Waals surface area (Å²) in [5, 5.41) is 18.9. The quantitative estimate of drug-likeness (QED) is 0.253. The molecule has 10 heteroatoms. The molecule has 0 aliphatic rings. The van der Waals surface area contributed by atoms with E-state index in [0.29, 0.717) is 5.56 Å². The van der Waals surface area contributed by atoms with Crippen molar-refractivity contribution >= 4 is 33.0 Å². The molecule has 0 saturated carbocycles. The monoisotopic (exact) mass is 571 g/mol. The van der Waals surface area contributed by atoms with E-state index in [2.05, 4.69) is 0 Å². The Morgan fingerprint density at radius 3 is 2.27 bits per heavy atom. The van der Waals surface area contributed by atoms with Crippen molar-refractivity contribution in [3.05, 3.63) is 112 Å². The third-order valence-electron chi connectivity index (χ3n) is 6.70. The Bertz CT molecular complexity index is 1680. The fraction of sp³-hybridized carbons (Fsp3) is 0.233. The van der Waals surface area contributed by atoms with Crippen molar-refractivity contribution in [3.63, 3.8) is 0 Å². The van der Waals surface area contributed by atoms with E-state index in [0.717, 1.165) is 33.3 Å². The minimum atomic E-state index is -4.59. The number of aromatic nitrogens is 1. The van der Waals surface area contributed by atoms with E-state index in [1.165, 1.54) is 24.3 Å². The Morgan fingerprint density at radius 1 is 0.950 bits per heavy atom. The Hall–Kier alpha value is -3.89. The molecule has 4 rings (SSSR count). The summed E-state index contributed by atoms with van der Waals surface area (Å²) in [6, 6.07) is 17.5. The third kappa shape index (κ3) is 6.29. The number of rotatable bonds is 9. The number of aliphatic hydroxyl groups is 1. The van der Waals surface area contributed by atoms with Gasteiger partial charge in [-0.25, -0.2) is 17.2 Å². The van der Waals surface area contributed by atoms with Crippen molar-refractivity contribution in [2.45, 2.75) is 31.9 Å². The van der Waals surface area contributed by atoms with E-state index in [1.807, 2.05) is 32.0 Å². The molecule has 0 unspecified atom stereocenters. The van der Waals surface area contributed by atoms with E-state index in [1.54, 1.807) is 24.3 Å². The summed E-state index contributed by atoms with van der Waals surface area (Å²) in [5.41, 5.74) is 1.27. The van der Waals surface area contributed by atoms with Gasteiger partial charge in [0.2, 0.25) is 10.0 Å². The van der Waals surface area contributed by atoms with Crippen molar-refractivity contribution in [3.8, 4) is 0 Å². The van der Waals surface area contributed by atoms with Crippen molar-refractivity contribution in [1.82, 2.24) is 3.97 Å². The Kier molecular flexibility index (Phi) is 7.96. The van der Waals surface area contributed by atoms with Crippen molar-refractivity contribution in [1.29, 1.82) is 0 Å². The number of carboxylic acids is 1. The van der Waals surface area contributed by atoms with Crippen molar-refractivity contribution in [2.75, 3.05) is 12.4 Å². The van der Waals surface area contributed by atoms with Gasteiger partial charge in [-0.15, -0.1) is 0 Å². The van der Waals surface area contributed by atoms with Crippen molar-refractivity contribution in [2.24, 2.45) is 0 Å². The van der Waals surface area contributed by atoms with E-state index >= 15 is 0 Å². The third-order valence-corrected chi connectivity index (χ3v) is 8.30. The lowest BCUT2D eigenvalue weighted by Crippen LogP contribution is -2.21. The second kappa shape index (κ2) is 10.9. The molecule has 0 amide bonds. The standard InChI is InChI=1S/C30H28F3NO5S/c1-29(2,19-35)24-7-3-5-20(15-24)6-4-14-40(38,39)34-26(16-21-8-10-22(11-9-21)28(36)37)18-23-17-25(30(31,32)33)12-13-27(23)34/h3-13,15,17-18,35H,14,16,19H2,1-2H3,(H,36,37). The molecule has 3 aromatic carbocycles. The molecule has 4 aromatic rings. The summed E-state index contributed by atoms with van der Waals surface area (Å²) in [5.74, 6) is -1.53. The van der Waals surface area contributed by atoms with Gasteiger partial charge in [0.1, 0.15) is 0 Å². The van der Waals surface area contributed by atoms with Gasteiger partial charge in [0, 0.05) is 22.9 Å². The number of nitrogens with zero attached hydrogens (tertiary/aromatic N) is 1. The lowest BCUT2D eigenvalue weighted by atomic mass is 9.85. The molecule has 0 fully saturated rings. The molecular formula is C30H28F3NO5S. The molecule has 6 nitrogen and oxygen atoms in total. The molecule has 0 aliphatic carbocycles. The number of carboxylic acid groups (broad SMARTS) is 1. The smallest absolute Gasteiger partial charge is 0.416 e. The van der Waals surface area contributed by atoms with Gasteiger partial charge < -0.3 is 10.2 Å². The van der Waals surface area contributed by atoms with Gasteiger partial charge in [0.25, 0.3) is 0 Å². The number of hydrogen-bond donors (Lipinski definition) is 2. The number of aromatic carboxylic acids is 1. The van der Waals surface area contributed by atoms with Crippen molar-refractivity contribution < 1.29 is 36.6 Å². The summed E-state index contributed by atoms with van der Waals surface area (Å²) >= 11 is 0. The first-order chi connectivity index (χ1) is 18.7. The largest absolute Gasteiger partial charge is 0.478 e. The molecule has 0 saturated heterocycles. The normalized spacial score (nSPS) is 12.8. The summed E-state index contributed by atoms with van der Waals surface area (Å²) in [6.45, 7) is 3.71. The number of hydrogen-bond acceptors (Lipinski definition) is 4. The first-order valence-corrected chi connectivity index (χ1v) is 14.0. The number of alkyl halides is 3. The highest BCUT2D eigenvalue weighted by atomic mass is 32.2. The highest BCUT2D eigenvalue weighted by Crippen LogP contribution is 2.33. The van der Waals surface area contributed by atoms with Crippen LogP contribution in [0.25, 0.3) is 17.0 Å². The van der Waals surface area contributed by atoms with Gasteiger partial charge >= 0.3 is 12.1 Å². The van der Waals surface area contributed by atoms with Crippen LogP contribution >= 0.6 is 0 Å². The lowest BCUT2D eigenvalue weighted by molar-refractivity contribution is -0.137. The zero-order valence-corrected chi connectivity index (χ0v) is 22.6. The fourth-order valence-electron chi connectivity index (χ4n) is 4.38. The topological polar surface area (TPSA) is 96.6 Å². The molecule has 0 radical (unpaired) electrons. The number of halogens is 3. The summed E-state index contributed by atoms with van der Waals surface area (Å²) < 4.78 is 68.3. The average Bonchev–Trinajstić information content (AvgIpc) is 3.26. The summed E-state index contributed by atoms with van der Waals surface area (Å²) in [7, 11) is -4.06. The molecule has 210 valence electrons. The fourth-order valence-corrected chi connectivity index (χ4v) is 5.81. The van der Waals surface area contributed by atoms with Crippen LogP contribution in [0.5, 0.6) is 0 Å². The van der Waals surface area contributed by atoms with Crippen LogP contribution in [0.2, 0.25) is 0 Å². The van der Waals surface area contributed by atoms with E-state index < -0.39 is 38.9 Å². The number of carbonyl (C=O) groups is 1. The molecular weight excluding hydrogens is 543 g/mol. The van der Waals surface area contributed by atoms with Gasteiger partial charge in [-0.1, -0.05) is 62.4 Å². The number of fused-ring (bicyclic) bond motifs is 1. The second-order valence-electron chi connectivity index (χ2n) is 10.2. The predicted molar refractivity (Wildman–Crippen MR) is 148 cm³/mol. The van der Waals surface area contributed by atoms with Crippen LogP contribution < -0.4 is 0 Å². The Morgan fingerprint density at radius 2 is 1.65 bits per heavy atom. The number of benzene rings is 3. The molecule has 1 aromatic heterocycles. The number of aliphatic hydroxyl groups excluding tert-OH is 1. The maximum Gasteiger partial charge on any atom is 0.416 e.